The summed E-state index contributed by atoms with van der Waals surface area (Å²) in [6, 6.07) is 0. The van der Waals surface area contributed by atoms with E-state index in [0.29, 0.717) is 10.8 Å². The van der Waals surface area contributed by atoms with Crippen molar-refractivity contribution in [2.24, 2.45) is 10.8 Å². The first kappa shape index (κ1) is 14.0. The van der Waals surface area contributed by atoms with Gasteiger partial charge in [-0.25, -0.2) is 0 Å². The van der Waals surface area contributed by atoms with Gasteiger partial charge in [0.2, 0.25) is 0 Å². The van der Waals surface area contributed by atoms with E-state index in [9.17, 15) is 0 Å². The van der Waals surface area contributed by atoms with Crippen LogP contribution < -0.4 is 0 Å². The quantitative estimate of drug-likeness (QED) is 0.512. The number of hydrogen-bond acceptors (Lipinski definition) is 0. The Kier molecular flexibility index (Phi) is 5.78. The Morgan fingerprint density at radius 1 is 0.643 bits per heavy atom. The van der Waals surface area contributed by atoms with E-state index in [-0.39, 0.29) is 0 Å². The van der Waals surface area contributed by atoms with Crippen LogP contribution in [0.15, 0.2) is 0 Å². The molecule has 0 aromatic heterocycles. The summed E-state index contributed by atoms with van der Waals surface area (Å²) >= 11 is 0. The Balaban J connectivity index is 4.73. The van der Waals surface area contributed by atoms with E-state index in [4.69, 9.17) is 0 Å². The predicted octanol–water partition coefficient (Wildman–Crippen LogP) is 5.42. The van der Waals surface area contributed by atoms with E-state index in [0.717, 1.165) is 0 Å². The molecule has 0 aliphatic rings. The summed E-state index contributed by atoms with van der Waals surface area (Å²) in [7, 11) is 0. The summed E-state index contributed by atoms with van der Waals surface area (Å²) in [5, 5.41) is 0. The first-order valence-electron chi connectivity index (χ1n) is 6.49. The van der Waals surface area contributed by atoms with Crippen LogP contribution in [0.3, 0.4) is 0 Å². The van der Waals surface area contributed by atoms with Gasteiger partial charge in [-0.1, -0.05) is 67.2 Å². The molecule has 0 aromatic rings. The van der Waals surface area contributed by atoms with Crippen LogP contribution >= 0.6 is 0 Å². The van der Waals surface area contributed by atoms with Crippen LogP contribution in [0.25, 0.3) is 0 Å². The van der Waals surface area contributed by atoms with Gasteiger partial charge in [-0.2, -0.15) is 0 Å². The third-order valence-corrected chi connectivity index (χ3v) is 4.62. The topological polar surface area (TPSA) is 0 Å². The molecule has 0 fully saturated rings. The van der Waals surface area contributed by atoms with Crippen molar-refractivity contribution >= 4 is 0 Å². The second-order valence-electron chi connectivity index (χ2n) is 5.33. The van der Waals surface area contributed by atoms with Crippen molar-refractivity contribution in [3.8, 4) is 0 Å². The van der Waals surface area contributed by atoms with Crippen molar-refractivity contribution in [3.05, 3.63) is 0 Å². The molecule has 0 nitrogen and oxygen atoms in total. The normalized spacial score (nSPS) is 20.1. The third kappa shape index (κ3) is 2.74. The van der Waals surface area contributed by atoms with Gasteiger partial charge in [-0.15, -0.1) is 0 Å². The summed E-state index contributed by atoms with van der Waals surface area (Å²) in [6.07, 6.45) is 8.06. The molecule has 0 radical (unpaired) electrons. The summed E-state index contributed by atoms with van der Waals surface area (Å²) in [4.78, 5) is 0. The molecule has 0 saturated heterocycles. The van der Waals surface area contributed by atoms with Gasteiger partial charge in [0.05, 0.1) is 0 Å². The van der Waals surface area contributed by atoms with Crippen LogP contribution in [-0.4, -0.2) is 0 Å². The zero-order chi connectivity index (χ0) is 11.2. The molecule has 14 heavy (non-hydrogen) atoms. The van der Waals surface area contributed by atoms with E-state index in [1.165, 1.54) is 38.5 Å². The molecule has 2 unspecified atom stereocenters. The smallest absolute Gasteiger partial charge is 0.0275 e. The van der Waals surface area contributed by atoms with Crippen molar-refractivity contribution in [1.29, 1.82) is 0 Å². The molecule has 86 valence electrons. The van der Waals surface area contributed by atoms with Gasteiger partial charge >= 0.3 is 0 Å². The van der Waals surface area contributed by atoms with E-state index >= 15 is 0 Å². The lowest BCUT2D eigenvalue weighted by molar-refractivity contribution is 0.0386. The molecule has 0 saturated carbocycles. The molecular formula is C14H30. The maximum absolute atomic E-state index is 2.50. The van der Waals surface area contributed by atoms with Crippen molar-refractivity contribution in [3.63, 3.8) is 0 Å². The predicted molar refractivity (Wildman–Crippen MR) is 66.6 cm³/mol. The average Bonchev–Trinajstić information content (AvgIpc) is 2.18. The zero-order valence-corrected chi connectivity index (χ0v) is 11.2. The van der Waals surface area contributed by atoms with Crippen LogP contribution in [0.2, 0.25) is 0 Å². The Labute approximate surface area is 91.5 Å². The molecule has 0 spiro atoms. The number of hydrogen-bond donors (Lipinski definition) is 0. The minimum Gasteiger partial charge on any atom is -0.0654 e. The van der Waals surface area contributed by atoms with Crippen LogP contribution in [0.5, 0.6) is 0 Å². The second kappa shape index (κ2) is 5.78. The molecule has 0 aliphatic heterocycles. The molecule has 0 aliphatic carbocycles. The summed E-state index contributed by atoms with van der Waals surface area (Å²) in [5.74, 6) is 0. The molecule has 0 amide bonds. The largest absolute Gasteiger partial charge is 0.0654 e. The van der Waals surface area contributed by atoms with Gasteiger partial charge in [0.15, 0.2) is 0 Å². The minimum atomic E-state index is 0.548. The van der Waals surface area contributed by atoms with E-state index in [1.807, 2.05) is 0 Å². The molecule has 0 aromatic carbocycles. The maximum Gasteiger partial charge on any atom is -0.0275 e. The fourth-order valence-electron chi connectivity index (χ4n) is 2.91. The first-order valence-corrected chi connectivity index (χ1v) is 6.49. The molecule has 0 heterocycles. The van der Waals surface area contributed by atoms with Crippen LogP contribution in [0.4, 0.5) is 0 Å². The highest BCUT2D eigenvalue weighted by molar-refractivity contribution is 4.90. The third-order valence-electron chi connectivity index (χ3n) is 4.62. The molecule has 0 rings (SSSR count). The second-order valence-corrected chi connectivity index (χ2v) is 5.33. The molecule has 0 heteroatoms. The van der Waals surface area contributed by atoms with Gasteiger partial charge < -0.3 is 0 Å². The van der Waals surface area contributed by atoms with Crippen LogP contribution in [0.1, 0.15) is 80.1 Å². The van der Waals surface area contributed by atoms with Gasteiger partial charge in [0, 0.05) is 0 Å². The van der Waals surface area contributed by atoms with Crippen molar-refractivity contribution in [2.45, 2.75) is 80.1 Å². The fraction of sp³-hybridized carbons (Fsp3) is 1.00. The minimum absolute atomic E-state index is 0.548. The Hall–Kier alpha value is 0. The Morgan fingerprint density at radius 3 is 1.07 bits per heavy atom. The zero-order valence-electron chi connectivity index (χ0n) is 11.2. The Bertz CT molecular complexity index is 132. The first-order chi connectivity index (χ1) is 6.49. The van der Waals surface area contributed by atoms with E-state index in [2.05, 4.69) is 41.5 Å². The van der Waals surface area contributed by atoms with Gasteiger partial charge in [-0.3, -0.25) is 0 Å². The van der Waals surface area contributed by atoms with Crippen LogP contribution in [-0.2, 0) is 0 Å². The average molecular weight is 198 g/mol. The highest BCUT2D eigenvalue weighted by atomic mass is 14.4. The lowest BCUT2D eigenvalue weighted by Crippen LogP contribution is -2.36. The molecular weight excluding hydrogens is 168 g/mol. The molecule has 0 N–H and O–H groups in total. The summed E-state index contributed by atoms with van der Waals surface area (Å²) in [5.41, 5.74) is 1.10. The highest BCUT2D eigenvalue weighted by Gasteiger charge is 2.39. The van der Waals surface area contributed by atoms with Crippen molar-refractivity contribution in [2.75, 3.05) is 0 Å². The maximum atomic E-state index is 2.50. The fourth-order valence-corrected chi connectivity index (χ4v) is 2.91. The van der Waals surface area contributed by atoms with Crippen LogP contribution in [0, 0.1) is 10.8 Å². The molecule has 0 bridgehead atoms. The van der Waals surface area contributed by atoms with Gasteiger partial charge in [0.1, 0.15) is 0 Å². The lowest BCUT2D eigenvalue weighted by atomic mass is 9.59. The monoisotopic (exact) mass is 198 g/mol. The number of rotatable bonds is 7. The molecule has 2 atom stereocenters. The summed E-state index contributed by atoms with van der Waals surface area (Å²) in [6.45, 7) is 14.3. The van der Waals surface area contributed by atoms with Crippen molar-refractivity contribution < 1.29 is 0 Å². The summed E-state index contributed by atoms with van der Waals surface area (Å²) < 4.78 is 0. The Morgan fingerprint density at radius 2 is 0.929 bits per heavy atom. The highest BCUT2D eigenvalue weighted by Crippen LogP contribution is 2.50. The van der Waals surface area contributed by atoms with Gasteiger partial charge in [0.25, 0.3) is 0 Å². The lowest BCUT2D eigenvalue weighted by Gasteiger charge is -2.46. The van der Waals surface area contributed by atoms with Crippen molar-refractivity contribution in [1.82, 2.24) is 0 Å². The van der Waals surface area contributed by atoms with E-state index < -0.39 is 0 Å². The SMILES string of the molecule is CCCC(C)(CC)C(C)(CC)CCC. The standard InChI is InChI=1S/C14H30/c1-7-11-13(5,9-3)14(6,10-4)12-8-2/h7-12H2,1-6H3. The van der Waals surface area contributed by atoms with E-state index in [1.54, 1.807) is 0 Å². The van der Waals surface area contributed by atoms with Gasteiger partial charge in [-0.05, 0) is 23.7 Å².